The van der Waals surface area contributed by atoms with Crippen LogP contribution in [0.5, 0.6) is 0 Å². The van der Waals surface area contributed by atoms with Gasteiger partial charge < -0.3 is 13.9 Å². The first-order valence-corrected chi connectivity index (χ1v) is 7.34. The first-order valence-electron chi connectivity index (χ1n) is 7.34. The van der Waals surface area contributed by atoms with Gasteiger partial charge >= 0.3 is 7.12 Å². The van der Waals surface area contributed by atoms with E-state index < -0.39 is 18.3 Å². The Morgan fingerprint density at radius 2 is 1.59 bits per heavy atom. The Hall–Kier alpha value is -1.66. The summed E-state index contributed by atoms with van der Waals surface area (Å²) in [5.74, 6) is 0.494. The second-order valence-electron chi connectivity index (χ2n) is 6.70. The minimum Gasteiger partial charge on any atom is -0.398 e. The van der Waals surface area contributed by atoms with Crippen LogP contribution in [0.3, 0.4) is 0 Å². The number of benzene rings is 1. The molecule has 0 atom stereocenters. The van der Waals surface area contributed by atoms with Crippen molar-refractivity contribution in [1.29, 1.82) is 0 Å². The van der Waals surface area contributed by atoms with Crippen LogP contribution in [0.4, 0.5) is 4.39 Å². The third kappa shape index (κ3) is 2.46. The Labute approximate surface area is 130 Å². The third-order valence-electron chi connectivity index (χ3n) is 4.49. The van der Waals surface area contributed by atoms with Gasteiger partial charge in [-0.05, 0) is 52.0 Å². The van der Waals surface area contributed by atoms with Crippen LogP contribution in [0.2, 0.25) is 0 Å². The van der Waals surface area contributed by atoms with Crippen molar-refractivity contribution in [2.24, 2.45) is 7.05 Å². The van der Waals surface area contributed by atoms with E-state index in [1.807, 2.05) is 45.5 Å². The summed E-state index contributed by atoms with van der Waals surface area (Å²) in [4.78, 5) is 4.61. The summed E-state index contributed by atoms with van der Waals surface area (Å²) >= 11 is 0. The fourth-order valence-corrected chi connectivity index (χ4v) is 2.43. The number of aryl methyl sites for hydroxylation is 1. The van der Waals surface area contributed by atoms with E-state index in [2.05, 4.69) is 4.98 Å². The van der Waals surface area contributed by atoms with E-state index in [-0.39, 0.29) is 5.82 Å². The van der Waals surface area contributed by atoms with Gasteiger partial charge in [0.25, 0.3) is 0 Å². The van der Waals surface area contributed by atoms with Crippen molar-refractivity contribution in [3.05, 3.63) is 36.3 Å². The number of hydrogen-bond donors (Lipinski definition) is 0. The zero-order chi connectivity index (χ0) is 16.1. The standard InChI is InChI=1S/C16H20BFN2O2/c1-15(2)16(3,4)22-17(21-15)13-10-20(5)14(19-13)11-6-8-12(18)9-7-11/h6-10H,1-5H3. The van der Waals surface area contributed by atoms with Crippen LogP contribution in [0.15, 0.2) is 30.5 Å². The second kappa shape index (κ2) is 4.93. The predicted octanol–water partition coefficient (Wildman–Crippen LogP) is 2.53. The van der Waals surface area contributed by atoms with Gasteiger partial charge in [-0.2, -0.15) is 0 Å². The van der Waals surface area contributed by atoms with Crippen LogP contribution in [-0.2, 0) is 16.4 Å². The molecule has 6 heteroatoms. The summed E-state index contributed by atoms with van der Waals surface area (Å²) in [7, 11) is 1.41. The molecule has 1 aliphatic heterocycles. The van der Waals surface area contributed by atoms with Gasteiger partial charge in [-0.3, -0.25) is 0 Å². The summed E-state index contributed by atoms with van der Waals surface area (Å²) in [6.07, 6.45) is 1.89. The highest BCUT2D eigenvalue weighted by Crippen LogP contribution is 2.36. The number of halogens is 1. The van der Waals surface area contributed by atoms with Crippen molar-refractivity contribution in [3.8, 4) is 11.4 Å². The van der Waals surface area contributed by atoms with Gasteiger partial charge in [-0.15, -0.1) is 0 Å². The lowest BCUT2D eigenvalue weighted by molar-refractivity contribution is 0.00578. The smallest absolute Gasteiger partial charge is 0.398 e. The first kappa shape index (κ1) is 15.2. The second-order valence-corrected chi connectivity index (χ2v) is 6.70. The SMILES string of the molecule is Cn1cc(B2OC(C)(C)C(C)(C)O2)nc1-c1ccc(F)cc1. The third-order valence-corrected chi connectivity index (χ3v) is 4.49. The van der Waals surface area contributed by atoms with Gasteiger partial charge in [0.2, 0.25) is 0 Å². The maximum atomic E-state index is 13.1. The molecule has 116 valence electrons. The Kier molecular flexibility index (Phi) is 3.42. The van der Waals surface area contributed by atoms with E-state index in [4.69, 9.17) is 9.31 Å². The topological polar surface area (TPSA) is 36.3 Å². The molecule has 1 aromatic heterocycles. The maximum absolute atomic E-state index is 13.1. The molecule has 1 fully saturated rings. The normalized spacial score (nSPS) is 19.6. The fourth-order valence-electron chi connectivity index (χ4n) is 2.43. The number of aromatic nitrogens is 2. The van der Waals surface area contributed by atoms with Crippen LogP contribution in [0.25, 0.3) is 11.4 Å². The molecule has 0 N–H and O–H groups in total. The minimum absolute atomic E-state index is 0.260. The number of imidazole rings is 1. The molecule has 0 spiro atoms. The highest BCUT2D eigenvalue weighted by atomic mass is 19.1. The van der Waals surface area contributed by atoms with Crippen molar-refractivity contribution in [1.82, 2.24) is 9.55 Å². The molecule has 1 aromatic carbocycles. The van der Waals surface area contributed by atoms with Crippen LogP contribution in [-0.4, -0.2) is 27.9 Å². The lowest BCUT2D eigenvalue weighted by Gasteiger charge is -2.32. The van der Waals surface area contributed by atoms with Crippen molar-refractivity contribution < 1.29 is 13.7 Å². The number of nitrogens with zero attached hydrogens (tertiary/aromatic N) is 2. The van der Waals surface area contributed by atoms with E-state index in [9.17, 15) is 4.39 Å². The van der Waals surface area contributed by atoms with Gasteiger partial charge in [0.05, 0.1) is 16.8 Å². The van der Waals surface area contributed by atoms with E-state index in [1.54, 1.807) is 12.1 Å². The van der Waals surface area contributed by atoms with Crippen molar-refractivity contribution >= 4 is 12.7 Å². The van der Waals surface area contributed by atoms with Crippen LogP contribution in [0.1, 0.15) is 27.7 Å². The van der Waals surface area contributed by atoms with Crippen LogP contribution >= 0.6 is 0 Å². The van der Waals surface area contributed by atoms with Crippen molar-refractivity contribution in [2.45, 2.75) is 38.9 Å². The summed E-state index contributed by atoms with van der Waals surface area (Å²) in [5, 5.41) is 0. The van der Waals surface area contributed by atoms with Crippen molar-refractivity contribution in [3.63, 3.8) is 0 Å². The molecule has 0 amide bonds. The molecule has 0 unspecified atom stereocenters. The Bertz CT molecular complexity index is 679. The molecule has 22 heavy (non-hydrogen) atoms. The van der Waals surface area contributed by atoms with Gasteiger partial charge in [0, 0.05) is 18.8 Å². The van der Waals surface area contributed by atoms with Gasteiger partial charge in [-0.25, -0.2) is 9.37 Å². The zero-order valence-corrected chi connectivity index (χ0v) is 13.6. The maximum Gasteiger partial charge on any atom is 0.516 e. The molecule has 3 rings (SSSR count). The lowest BCUT2D eigenvalue weighted by atomic mass is 9.86. The van der Waals surface area contributed by atoms with Crippen LogP contribution in [0, 0.1) is 5.82 Å². The molecule has 0 radical (unpaired) electrons. The Morgan fingerprint density at radius 1 is 1.05 bits per heavy atom. The molecule has 4 nitrogen and oxygen atoms in total. The lowest BCUT2D eigenvalue weighted by Crippen LogP contribution is -2.41. The highest BCUT2D eigenvalue weighted by Gasteiger charge is 2.52. The largest absolute Gasteiger partial charge is 0.516 e. The monoisotopic (exact) mass is 302 g/mol. The first-order chi connectivity index (χ1) is 10.2. The van der Waals surface area contributed by atoms with E-state index >= 15 is 0 Å². The Morgan fingerprint density at radius 3 is 2.14 bits per heavy atom. The highest BCUT2D eigenvalue weighted by molar-refractivity contribution is 6.61. The molecular formula is C16H20BFN2O2. The molecule has 2 heterocycles. The number of hydrogen-bond acceptors (Lipinski definition) is 3. The zero-order valence-electron chi connectivity index (χ0n) is 13.6. The molecule has 2 aromatic rings. The molecule has 1 saturated heterocycles. The molecule has 0 aliphatic carbocycles. The van der Waals surface area contributed by atoms with E-state index in [1.165, 1.54) is 12.1 Å². The average Bonchev–Trinajstić information content (AvgIpc) is 2.89. The summed E-state index contributed by atoms with van der Waals surface area (Å²) in [5.41, 5.74) is 0.781. The fraction of sp³-hybridized carbons (Fsp3) is 0.438. The van der Waals surface area contributed by atoms with Crippen LogP contribution < -0.4 is 5.59 Å². The predicted molar refractivity (Wildman–Crippen MR) is 84.3 cm³/mol. The summed E-state index contributed by atoms with van der Waals surface area (Å²) < 4.78 is 27.0. The molecule has 0 bridgehead atoms. The Balaban J connectivity index is 1.92. The molecule has 1 aliphatic rings. The number of rotatable bonds is 2. The van der Waals surface area contributed by atoms with E-state index in [0.29, 0.717) is 0 Å². The molecule has 0 saturated carbocycles. The molecular weight excluding hydrogens is 282 g/mol. The summed E-state index contributed by atoms with van der Waals surface area (Å²) in [6, 6.07) is 6.29. The summed E-state index contributed by atoms with van der Waals surface area (Å²) in [6.45, 7) is 8.04. The van der Waals surface area contributed by atoms with Gasteiger partial charge in [-0.1, -0.05) is 0 Å². The van der Waals surface area contributed by atoms with E-state index in [0.717, 1.165) is 17.0 Å². The van der Waals surface area contributed by atoms with Gasteiger partial charge in [0.1, 0.15) is 11.6 Å². The quantitative estimate of drug-likeness (QED) is 0.800. The van der Waals surface area contributed by atoms with Gasteiger partial charge in [0.15, 0.2) is 0 Å². The van der Waals surface area contributed by atoms with Crippen molar-refractivity contribution in [2.75, 3.05) is 0 Å². The average molecular weight is 302 g/mol. The minimum atomic E-state index is -0.495.